The molecule has 2 aromatic rings. The molecule has 0 radical (unpaired) electrons. The topological polar surface area (TPSA) is 66.4 Å². The van der Waals surface area contributed by atoms with Crippen LogP contribution in [-0.4, -0.2) is 22.7 Å². The molecule has 0 spiro atoms. The summed E-state index contributed by atoms with van der Waals surface area (Å²) in [5.74, 6) is 0.329. The molecule has 0 aliphatic heterocycles. The Balaban J connectivity index is 1.72. The first-order valence-electron chi connectivity index (χ1n) is 8.92. The highest BCUT2D eigenvalue weighted by Gasteiger charge is 2.09. The maximum atomic E-state index is 12.0. The van der Waals surface area contributed by atoms with Gasteiger partial charge in [0.15, 0.2) is 0 Å². The van der Waals surface area contributed by atoms with E-state index in [4.69, 9.17) is 16.7 Å². The first-order chi connectivity index (χ1) is 12.9. The number of rotatable bonds is 9. The van der Waals surface area contributed by atoms with Gasteiger partial charge in [-0.2, -0.15) is 0 Å². The molecule has 2 rings (SSSR count). The van der Waals surface area contributed by atoms with E-state index in [1.54, 1.807) is 23.9 Å². The van der Waals surface area contributed by atoms with Gasteiger partial charge in [0.25, 0.3) is 0 Å². The number of hydrogen-bond acceptors (Lipinski definition) is 3. The van der Waals surface area contributed by atoms with Gasteiger partial charge in [-0.15, -0.1) is 11.8 Å². The van der Waals surface area contributed by atoms with Crippen LogP contribution in [0.2, 0.25) is 5.02 Å². The second-order valence-electron chi connectivity index (χ2n) is 6.57. The minimum absolute atomic E-state index is 0.0579. The quantitative estimate of drug-likeness (QED) is 0.393. The van der Waals surface area contributed by atoms with Gasteiger partial charge in [-0.25, -0.2) is 4.79 Å². The Labute approximate surface area is 169 Å². The molecule has 0 saturated heterocycles. The number of unbranched alkanes of at least 4 members (excludes halogenated alkanes) is 1. The molecule has 0 atom stereocenters. The Morgan fingerprint density at radius 1 is 1.11 bits per heavy atom. The molecule has 0 aromatic heterocycles. The highest BCUT2D eigenvalue weighted by atomic mass is 35.5. The molecule has 1 amide bonds. The molecule has 0 bridgehead atoms. The van der Waals surface area contributed by atoms with Crippen molar-refractivity contribution in [2.45, 2.75) is 43.9 Å². The van der Waals surface area contributed by atoms with Gasteiger partial charge in [0, 0.05) is 22.0 Å². The number of nitrogens with one attached hydrogen (secondary N) is 1. The van der Waals surface area contributed by atoms with Gasteiger partial charge in [-0.3, -0.25) is 4.79 Å². The smallest absolute Gasteiger partial charge is 0.335 e. The molecule has 0 aliphatic carbocycles. The van der Waals surface area contributed by atoms with E-state index in [2.05, 4.69) is 25.2 Å². The van der Waals surface area contributed by atoms with Crippen molar-refractivity contribution < 1.29 is 14.7 Å². The summed E-state index contributed by atoms with van der Waals surface area (Å²) in [6.45, 7) is 4.31. The van der Waals surface area contributed by atoms with E-state index in [-0.39, 0.29) is 11.5 Å². The summed E-state index contributed by atoms with van der Waals surface area (Å²) in [6.07, 6.45) is 2.19. The normalized spacial score (nSPS) is 10.8. The number of carboxylic acid groups (broad SMARTS) is 1. The van der Waals surface area contributed by atoms with Gasteiger partial charge < -0.3 is 10.4 Å². The summed E-state index contributed by atoms with van der Waals surface area (Å²) in [7, 11) is 0. The zero-order valence-corrected chi connectivity index (χ0v) is 17.1. The standard InChI is InChI=1S/C21H24ClNO3S/c1-14(2)18-13-16(22)8-11-19(18)27-12-4-3-5-20(24)23-17-9-6-15(7-10-17)21(25)26/h6-11,13-14H,3-5,12H2,1-2H3,(H,23,24)(H,25,26). The summed E-state index contributed by atoms with van der Waals surface area (Å²) >= 11 is 7.89. The molecular formula is C21H24ClNO3S. The first kappa shape index (κ1) is 21.3. The van der Waals surface area contributed by atoms with E-state index in [0.717, 1.165) is 23.6 Å². The van der Waals surface area contributed by atoms with Crippen LogP contribution in [0.1, 0.15) is 54.9 Å². The van der Waals surface area contributed by atoms with E-state index in [9.17, 15) is 9.59 Å². The molecule has 6 heteroatoms. The monoisotopic (exact) mass is 405 g/mol. The van der Waals surface area contributed by atoms with Crippen molar-refractivity contribution in [1.82, 2.24) is 0 Å². The fourth-order valence-corrected chi connectivity index (χ4v) is 3.97. The van der Waals surface area contributed by atoms with E-state index < -0.39 is 5.97 Å². The summed E-state index contributed by atoms with van der Waals surface area (Å²) in [4.78, 5) is 24.1. The number of carbonyl (C=O) groups is 2. The lowest BCUT2D eigenvalue weighted by atomic mass is 10.0. The molecular weight excluding hydrogens is 382 g/mol. The van der Waals surface area contributed by atoms with E-state index in [0.29, 0.717) is 18.0 Å². The van der Waals surface area contributed by atoms with Gasteiger partial charge >= 0.3 is 5.97 Å². The second-order valence-corrected chi connectivity index (χ2v) is 8.15. The molecule has 0 saturated carbocycles. The maximum Gasteiger partial charge on any atom is 0.335 e. The SMILES string of the molecule is CC(C)c1cc(Cl)ccc1SCCCCC(=O)Nc1ccc(C(=O)O)cc1. The number of carbonyl (C=O) groups excluding carboxylic acids is 1. The van der Waals surface area contributed by atoms with E-state index in [1.807, 2.05) is 12.1 Å². The molecule has 2 aromatic carbocycles. The Morgan fingerprint density at radius 3 is 2.44 bits per heavy atom. The summed E-state index contributed by atoms with van der Waals surface area (Å²) in [6, 6.07) is 12.2. The summed E-state index contributed by atoms with van der Waals surface area (Å²) in [5.41, 5.74) is 2.07. The Bertz CT molecular complexity index is 791. The van der Waals surface area contributed by atoms with Crippen LogP contribution >= 0.6 is 23.4 Å². The van der Waals surface area contributed by atoms with Crippen LogP contribution in [0.5, 0.6) is 0 Å². The van der Waals surface area contributed by atoms with Crippen molar-refractivity contribution in [1.29, 1.82) is 0 Å². The summed E-state index contributed by atoms with van der Waals surface area (Å²) < 4.78 is 0. The predicted octanol–water partition coefficient (Wildman–Crippen LogP) is 6.06. The largest absolute Gasteiger partial charge is 0.478 e. The molecule has 0 unspecified atom stereocenters. The highest BCUT2D eigenvalue weighted by molar-refractivity contribution is 7.99. The van der Waals surface area contributed by atoms with Crippen LogP contribution in [0.25, 0.3) is 0 Å². The average molecular weight is 406 g/mol. The minimum Gasteiger partial charge on any atom is -0.478 e. The lowest BCUT2D eigenvalue weighted by Gasteiger charge is -2.12. The number of amides is 1. The van der Waals surface area contributed by atoms with Crippen molar-refractivity contribution in [2.24, 2.45) is 0 Å². The Morgan fingerprint density at radius 2 is 1.81 bits per heavy atom. The van der Waals surface area contributed by atoms with E-state index >= 15 is 0 Å². The van der Waals surface area contributed by atoms with Gasteiger partial charge in [0.2, 0.25) is 5.91 Å². The zero-order valence-electron chi connectivity index (χ0n) is 15.5. The lowest BCUT2D eigenvalue weighted by molar-refractivity contribution is -0.116. The number of halogens is 1. The number of hydrogen-bond donors (Lipinski definition) is 2. The number of benzene rings is 2. The fourth-order valence-electron chi connectivity index (χ4n) is 2.59. The minimum atomic E-state index is -0.980. The van der Waals surface area contributed by atoms with Gasteiger partial charge in [-0.1, -0.05) is 25.4 Å². The molecule has 0 fully saturated rings. The third-order valence-corrected chi connectivity index (χ3v) is 5.48. The predicted molar refractivity (Wildman–Crippen MR) is 112 cm³/mol. The molecule has 2 N–H and O–H groups in total. The lowest BCUT2D eigenvalue weighted by Crippen LogP contribution is -2.11. The molecule has 4 nitrogen and oxygen atoms in total. The van der Waals surface area contributed by atoms with Crippen LogP contribution in [-0.2, 0) is 4.79 Å². The number of carboxylic acids is 1. The van der Waals surface area contributed by atoms with Gasteiger partial charge in [0.05, 0.1) is 5.56 Å². The molecule has 144 valence electrons. The van der Waals surface area contributed by atoms with Crippen LogP contribution in [0.15, 0.2) is 47.4 Å². The number of aromatic carboxylic acids is 1. The van der Waals surface area contributed by atoms with Crippen LogP contribution in [0.3, 0.4) is 0 Å². The summed E-state index contributed by atoms with van der Waals surface area (Å²) in [5, 5.41) is 12.4. The third kappa shape index (κ3) is 6.92. The van der Waals surface area contributed by atoms with Gasteiger partial charge in [0.1, 0.15) is 0 Å². The van der Waals surface area contributed by atoms with Crippen molar-refractivity contribution in [3.8, 4) is 0 Å². The molecule has 0 heterocycles. The van der Waals surface area contributed by atoms with Crippen molar-refractivity contribution in [3.05, 3.63) is 58.6 Å². The van der Waals surface area contributed by atoms with Crippen molar-refractivity contribution in [2.75, 3.05) is 11.1 Å². The van der Waals surface area contributed by atoms with Crippen LogP contribution in [0, 0.1) is 0 Å². The third-order valence-electron chi connectivity index (χ3n) is 4.07. The molecule has 0 aliphatic rings. The Hall–Kier alpha value is -1.98. The fraction of sp³-hybridized carbons (Fsp3) is 0.333. The van der Waals surface area contributed by atoms with E-state index in [1.165, 1.54) is 22.6 Å². The number of thioether (sulfide) groups is 1. The van der Waals surface area contributed by atoms with Crippen LogP contribution < -0.4 is 5.32 Å². The molecule has 27 heavy (non-hydrogen) atoms. The van der Waals surface area contributed by atoms with Crippen LogP contribution in [0.4, 0.5) is 5.69 Å². The van der Waals surface area contributed by atoms with Crippen molar-refractivity contribution >= 4 is 40.9 Å². The highest BCUT2D eigenvalue weighted by Crippen LogP contribution is 2.31. The van der Waals surface area contributed by atoms with Crippen molar-refractivity contribution in [3.63, 3.8) is 0 Å². The zero-order chi connectivity index (χ0) is 19.8. The van der Waals surface area contributed by atoms with Gasteiger partial charge in [-0.05, 0) is 72.5 Å². The maximum absolute atomic E-state index is 12.0. The second kappa shape index (κ2) is 10.4. The number of anilines is 1. The first-order valence-corrected chi connectivity index (χ1v) is 10.3. The average Bonchev–Trinajstić information content (AvgIpc) is 2.62. The Kier molecular flexibility index (Phi) is 8.20.